The van der Waals surface area contributed by atoms with Crippen molar-refractivity contribution in [3.05, 3.63) is 29.3 Å². The first kappa shape index (κ1) is 21.6. The van der Waals surface area contributed by atoms with Crippen LogP contribution in [0.4, 0.5) is 4.79 Å². The Morgan fingerprint density at radius 3 is 2.56 bits per heavy atom. The predicted octanol–water partition coefficient (Wildman–Crippen LogP) is 2.04. The van der Waals surface area contributed by atoms with Crippen molar-refractivity contribution in [3.8, 4) is 5.75 Å². The topological polar surface area (TPSA) is 99.3 Å². The Hall–Kier alpha value is -2.94. The molecule has 7 rings (SSSR count). The number of hydrogen-bond donors (Lipinski definition) is 1. The molecule has 1 N–H and O–H groups in total. The number of nitrogens with zero attached hydrogens (tertiary/aromatic N) is 3. The molecule has 0 radical (unpaired) electrons. The van der Waals surface area contributed by atoms with E-state index in [9.17, 15) is 19.2 Å². The van der Waals surface area contributed by atoms with Gasteiger partial charge in [0.25, 0.3) is 5.91 Å². The van der Waals surface area contributed by atoms with Crippen molar-refractivity contribution >= 4 is 23.8 Å². The van der Waals surface area contributed by atoms with Gasteiger partial charge in [-0.3, -0.25) is 24.6 Å². The van der Waals surface area contributed by atoms with Gasteiger partial charge in [0.2, 0.25) is 11.8 Å². The van der Waals surface area contributed by atoms with Gasteiger partial charge in [-0.15, -0.1) is 0 Å². The van der Waals surface area contributed by atoms with E-state index in [1.165, 1.54) is 37.3 Å². The number of piperidine rings is 2. The van der Waals surface area contributed by atoms with Crippen LogP contribution in [0.3, 0.4) is 0 Å². The second kappa shape index (κ2) is 7.53. The van der Waals surface area contributed by atoms with Crippen LogP contribution in [-0.2, 0) is 16.1 Å². The molecule has 1 aromatic carbocycles. The molecule has 9 heteroatoms. The zero-order valence-electron chi connectivity index (χ0n) is 19.5. The number of carbonyl (C=O) groups is 4. The van der Waals surface area contributed by atoms with Gasteiger partial charge in [-0.05, 0) is 69.3 Å². The largest absolute Gasteiger partial charge is 0.415 e. The molecule has 3 saturated carbocycles. The minimum atomic E-state index is -0.661. The molecule has 9 nitrogen and oxygen atoms in total. The highest BCUT2D eigenvalue weighted by Gasteiger charge is 2.72. The number of hydrogen-bond acceptors (Lipinski definition) is 6. The highest BCUT2D eigenvalue weighted by atomic mass is 16.6. The molecule has 0 aromatic heterocycles. The quantitative estimate of drug-likeness (QED) is 0.682. The molecule has 5 fully saturated rings. The predicted molar refractivity (Wildman–Crippen MR) is 121 cm³/mol. The number of fused-ring (bicyclic) bond motifs is 1. The van der Waals surface area contributed by atoms with E-state index in [1.54, 1.807) is 23.1 Å². The van der Waals surface area contributed by atoms with Crippen LogP contribution in [0, 0.1) is 0 Å². The summed E-state index contributed by atoms with van der Waals surface area (Å²) < 4.78 is 5.67. The minimum absolute atomic E-state index is 0.107. The first-order valence-corrected chi connectivity index (χ1v) is 12.3. The van der Waals surface area contributed by atoms with E-state index in [0.717, 1.165) is 24.8 Å². The molecule has 3 aliphatic carbocycles. The van der Waals surface area contributed by atoms with E-state index in [0.29, 0.717) is 24.3 Å². The van der Waals surface area contributed by atoms with Crippen molar-refractivity contribution < 1.29 is 23.9 Å². The normalized spacial score (nSPS) is 32.4. The van der Waals surface area contributed by atoms with Crippen LogP contribution in [-0.4, -0.2) is 75.8 Å². The van der Waals surface area contributed by atoms with E-state index < -0.39 is 18.0 Å². The number of carbonyl (C=O) groups excluding carboxylic acids is 4. The summed E-state index contributed by atoms with van der Waals surface area (Å²) >= 11 is 0. The number of nitrogens with one attached hydrogen (secondary N) is 1. The molecule has 180 valence electrons. The molecule has 2 bridgehead atoms. The fourth-order valence-corrected chi connectivity index (χ4v) is 6.70. The Labute approximate surface area is 198 Å². The fraction of sp³-hybridized carbons (Fsp3) is 0.600. The second-order valence-corrected chi connectivity index (χ2v) is 10.7. The fourth-order valence-electron chi connectivity index (χ4n) is 6.70. The third-order valence-corrected chi connectivity index (χ3v) is 8.69. The van der Waals surface area contributed by atoms with Crippen LogP contribution in [0.15, 0.2) is 18.2 Å². The van der Waals surface area contributed by atoms with Crippen molar-refractivity contribution in [1.29, 1.82) is 0 Å². The lowest BCUT2D eigenvalue weighted by molar-refractivity contribution is -0.219. The maximum atomic E-state index is 13.0. The van der Waals surface area contributed by atoms with Crippen LogP contribution in [0.25, 0.3) is 0 Å². The molecule has 2 saturated heterocycles. The monoisotopic (exact) mass is 466 g/mol. The van der Waals surface area contributed by atoms with Gasteiger partial charge >= 0.3 is 6.09 Å². The maximum absolute atomic E-state index is 13.0. The Morgan fingerprint density at radius 1 is 1.12 bits per heavy atom. The lowest BCUT2D eigenvalue weighted by Gasteiger charge is -2.76. The van der Waals surface area contributed by atoms with Gasteiger partial charge in [0.15, 0.2) is 0 Å². The number of benzene rings is 1. The summed E-state index contributed by atoms with van der Waals surface area (Å²) in [6.45, 7) is 2.64. The van der Waals surface area contributed by atoms with Crippen molar-refractivity contribution in [2.24, 2.45) is 0 Å². The zero-order chi connectivity index (χ0) is 23.7. The van der Waals surface area contributed by atoms with Crippen LogP contribution in [0.2, 0.25) is 0 Å². The first-order chi connectivity index (χ1) is 16.3. The van der Waals surface area contributed by atoms with Gasteiger partial charge in [0.1, 0.15) is 11.8 Å². The number of rotatable bonds is 4. The van der Waals surface area contributed by atoms with Crippen LogP contribution in [0.5, 0.6) is 5.75 Å². The third-order valence-electron chi connectivity index (χ3n) is 8.69. The standard InChI is InChI=1S/C25H30N4O5/c1-27(24-13-25(14-24,15-24)28-9-3-2-4-10-28)23(33)34-17-6-5-16-12-29(22(32)18(16)11-17)19-7-8-20(30)26-21(19)31/h5-6,11,19H,2-4,7-10,12-15H2,1H3,(H,26,30,31). The molecule has 1 atom stereocenters. The summed E-state index contributed by atoms with van der Waals surface area (Å²) in [7, 11) is 1.81. The third kappa shape index (κ3) is 3.16. The summed E-state index contributed by atoms with van der Waals surface area (Å²) in [5.41, 5.74) is 1.40. The molecular formula is C25H30N4O5. The summed E-state index contributed by atoms with van der Waals surface area (Å²) in [4.78, 5) is 55.5. The van der Waals surface area contributed by atoms with E-state index in [2.05, 4.69) is 10.2 Å². The van der Waals surface area contributed by atoms with Gasteiger partial charge in [-0.25, -0.2) is 4.79 Å². The number of ether oxygens (including phenoxy) is 1. The number of likely N-dealkylation sites (tertiary alicyclic amines) is 1. The van der Waals surface area contributed by atoms with Crippen LogP contribution >= 0.6 is 0 Å². The van der Waals surface area contributed by atoms with Crippen molar-refractivity contribution in [3.63, 3.8) is 0 Å². The molecule has 3 aliphatic heterocycles. The lowest BCUT2D eigenvalue weighted by atomic mass is 9.42. The van der Waals surface area contributed by atoms with Crippen molar-refractivity contribution in [2.75, 3.05) is 20.1 Å². The van der Waals surface area contributed by atoms with Crippen molar-refractivity contribution in [1.82, 2.24) is 20.0 Å². The SMILES string of the molecule is CN(C(=O)Oc1ccc2c(c1)C(=O)N(C1CCC(=O)NC1=O)C2)C12CC(N3CCCCC3)(C1)C2. The summed E-state index contributed by atoms with van der Waals surface area (Å²) in [6.07, 6.45) is 7.01. The van der Waals surface area contributed by atoms with Gasteiger partial charge in [0.05, 0.1) is 5.54 Å². The lowest BCUT2D eigenvalue weighted by Crippen LogP contribution is -2.84. The van der Waals surface area contributed by atoms with Crippen molar-refractivity contribution in [2.45, 2.75) is 75.0 Å². The summed E-state index contributed by atoms with van der Waals surface area (Å²) in [5.74, 6) is -0.703. The molecule has 0 spiro atoms. The Morgan fingerprint density at radius 2 is 1.85 bits per heavy atom. The molecule has 1 unspecified atom stereocenters. The van der Waals surface area contributed by atoms with Crippen LogP contribution in [0.1, 0.15) is 67.3 Å². The second-order valence-electron chi connectivity index (χ2n) is 10.7. The minimum Gasteiger partial charge on any atom is -0.410 e. The Bertz CT molecular complexity index is 1080. The molecule has 1 aromatic rings. The highest BCUT2D eigenvalue weighted by molar-refractivity contribution is 6.05. The van der Waals surface area contributed by atoms with E-state index in [1.807, 2.05) is 7.05 Å². The zero-order valence-corrected chi connectivity index (χ0v) is 19.5. The Kier molecular flexibility index (Phi) is 4.78. The van der Waals surface area contributed by atoms with E-state index in [4.69, 9.17) is 4.74 Å². The van der Waals surface area contributed by atoms with Crippen LogP contribution < -0.4 is 10.1 Å². The number of amides is 4. The molecule has 34 heavy (non-hydrogen) atoms. The average molecular weight is 467 g/mol. The summed E-state index contributed by atoms with van der Waals surface area (Å²) in [6, 6.07) is 4.40. The molecule has 3 heterocycles. The van der Waals surface area contributed by atoms with Gasteiger partial charge in [0, 0.05) is 31.1 Å². The maximum Gasteiger partial charge on any atom is 0.415 e. The Balaban J connectivity index is 1.09. The highest BCUT2D eigenvalue weighted by Crippen LogP contribution is 2.66. The summed E-state index contributed by atoms with van der Waals surface area (Å²) in [5, 5.41) is 2.31. The van der Waals surface area contributed by atoms with E-state index in [-0.39, 0.29) is 29.3 Å². The molecule has 4 amide bonds. The molecular weight excluding hydrogens is 436 g/mol. The smallest absolute Gasteiger partial charge is 0.410 e. The first-order valence-electron chi connectivity index (χ1n) is 12.3. The van der Waals surface area contributed by atoms with Gasteiger partial charge in [-0.2, -0.15) is 0 Å². The molecule has 6 aliphatic rings. The van der Waals surface area contributed by atoms with E-state index >= 15 is 0 Å². The van der Waals surface area contributed by atoms with Gasteiger partial charge in [-0.1, -0.05) is 12.5 Å². The average Bonchev–Trinajstić information content (AvgIpc) is 3.08. The van der Waals surface area contributed by atoms with Gasteiger partial charge < -0.3 is 14.5 Å². The number of imide groups is 1.